The van der Waals surface area contributed by atoms with E-state index in [0.717, 1.165) is 54.1 Å². The van der Waals surface area contributed by atoms with Gasteiger partial charge in [-0.3, -0.25) is 0 Å². The van der Waals surface area contributed by atoms with Gasteiger partial charge in [0.05, 0.1) is 11.1 Å². The van der Waals surface area contributed by atoms with Gasteiger partial charge in [0.1, 0.15) is 25.2 Å². The van der Waals surface area contributed by atoms with Crippen molar-refractivity contribution in [2.45, 2.75) is 50.8 Å². The number of urea groups is 1. The van der Waals surface area contributed by atoms with Crippen molar-refractivity contribution in [2.75, 3.05) is 18.4 Å². The summed E-state index contributed by atoms with van der Waals surface area (Å²) >= 11 is 0. The van der Waals surface area contributed by atoms with E-state index in [1.54, 1.807) is 30.3 Å². The molecule has 2 amide bonds. The first-order valence-corrected chi connectivity index (χ1v) is 13.5. The molecule has 0 aromatic heterocycles. The highest BCUT2D eigenvalue weighted by molar-refractivity contribution is 5.89. The van der Waals surface area contributed by atoms with Crippen LogP contribution >= 0.6 is 0 Å². The van der Waals surface area contributed by atoms with E-state index in [4.69, 9.17) is 0 Å². The summed E-state index contributed by atoms with van der Waals surface area (Å²) in [5, 5.41) is 28.7. The number of rotatable bonds is 7. The van der Waals surface area contributed by atoms with Crippen molar-refractivity contribution in [3.8, 4) is 0 Å². The van der Waals surface area contributed by atoms with Gasteiger partial charge < -0.3 is 15.7 Å². The molecule has 4 rings (SSSR count). The quantitative estimate of drug-likeness (QED) is 0.130. The number of carbonyl (C=O) groups excluding carboxylic acids is 1. The zero-order chi connectivity index (χ0) is 31.6. The Morgan fingerprint density at radius 3 is 1.67 bits per heavy atom. The van der Waals surface area contributed by atoms with Crippen molar-refractivity contribution in [3.05, 3.63) is 112 Å². The smallest absolute Gasteiger partial charge is 0.376 e. The molecule has 0 saturated carbocycles. The van der Waals surface area contributed by atoms with Crippen LogP contribution in [0.5, 0.6) is 0 Å². The zero-order valence-corrected chi connectivity index (χ0v) is 23.4. The average molecular weight is 609 g/mol. The zero-order valence-electron chi connectivity index (χ0n) is 23.4. The van der Waals surface area contributed by atoms with E-state index in [1.807, 2.05) is 13.8 Å². The number of hydroxylamine groups is 3. The first kappa shape index (κ1) is 32.1. The number of benzene rings is 3. The monoisotopic (exact) mass is 608 g/mol. The summed E-state index contributed by atoms with van der Waals surface area (Å²) in [5.41, 5.74) is -2.15. The molecule has 1 atom stereocenters. The molecule has 1 aliphatic heterocycles. The van der Waals surface area contributed by atoms with Gasteiger partial charge in [-0.05, 0) is 73.0 Å². The highest BCUT2D eigenvalue weighted by atomic mass is 19.4. The molecule has 4 N–H and O–H groups in total. The number of anilines is 1. The number of hydrogen-bond acceptors (Lipinski definition) is 3. The van der Waals surface area contributed by atoms with E-state index in [1.165, 1.54) is 0 Å². The average Bonchev–Trinajstić information content (AvgIpc) is 2.93. The fourth-order valence-electron chi connectivity index (χ4n) is 5.08. The molecular weight excluding hydrogens is 576 g/mol. The van der Waals surface area contributed by atoms with Crippen LogP contribution in [0.1, 0.15) is 48.1 Å². The number of amides is 2. The summed E-state index contributed by atoms with van der Waals surface area (Å²) in [5.74, 6) is 0. The first-order valence-electron chi connectivity index (χ1n) is 13.5. The maximum absolute atomic E-state index is 13.2. The molecule has 1 aliphatic rings. The van der Waals surface area contributed by atoms with Gasteiger partial charge in [-0.15, -0.1) is 0 Å². The summed E-state index contributed by atoms with van der Waals surface area (Å²) < 4.78 is 78.8. The van der Waals surface area contributed by atoms with Crippen LogP contribution in [0.2, 0.25) is 0 Å². The Morgan fingerprint density at radius 2 is 1.28 bits per heavy atom. The van der Waals surface area contributed by atoms with Crippen LogP contribution in [0.3, 0.4) is 0 Å². The van der Waals surface area contributed by atoms with Gasteiger partial charge in [-0.25, -0.2) is 10.0 Å². The molecule has 12 heteroatoms. The van der Waals surface area contributed by atoms with Crippen LogP contribution in [0, 0.1) is 0 Å². The van der Waals surface area contributed by atoms with Gasteiger partial charge in [0.25, 0.3) is 0 Å². The van der Waals surface area contributed by atoms with Gasteiger partial charge in [-0.2, -0.15) is 31.0 Å². The maximum Gasteiger partial charge on any atom is 0.416 e. The van der Waals surface area contributed by atoms with Gasteiger partial charge in [-0.1, -0.05) is 36.4 Å². The fraction of sp³-hybridized carbons (Fsp3) is 0.323. The van der Waals surface area contributed by atoms with E-state index >= 15 is 0 Å². The SMILES string of the molecule is CC(C)NC(=O)Nc1ccc(C[N+]2(O)CC=C(C(O)(c3ccc(C(F)(F)F)cc3)c3ccc(C(F)(F)F)cc3)CC2)cc1. The van der Waals surface area contributed by atoms with Gasteiger partial charge in [0.2, 0.25) is 0 Å². The predicted octanol–water partition coefficient (Wildman–Crippen LogP) is 7.23. The minimum absolute atomic E-state index is 0.0235. The van der Waals surface area contributed by atoms with Crippen LogP contribution in [0.15, 0.2) is 84.4 Å². The van der Waals surface area contributed by atoms with Crippen molar-refractivity contribution >= 4 is 11.7 Å². The van der Waals surface area contributed by atoms with E-state index < -0.39 is 33.7 Å². The molecule has 0 bridgehead atoms. The molecule has 0 spiro atoms. The largest absolute Gasteiger partial charge is 0.416 e. The molecule has 1 heterocycles. The lowest BCUT2D eigenvalue weighted by molar-refractivity contribution is -1.11. The van der Waals surface area contributed by atoms with Gasteiger partial charge in [0, 0.05) is 23.7 Å². The number of halogens is 6. The lowest BCUT2D eigenvalue weighted by atomic mass is 9.77. The van der Waals surface area contributed by atoms with Crippen LogP contribution in [-0.4, -0.2) is 40.1 Å². The Hall–Kier alpha value is -3.87. The molecule has 3 aromatic carbocycles. The van der Waals surface area contributed by atoms with E-state index in [9.17, 15) is 41.5 Å². The van der Waals surface area contributed by atoms with Crippen molar-refractivity contribution in [1.82, 2.24) is 5.32 Å². The van der Waals surface area contributed by atoms with E-state index in [2.05, 4.69) is 10.6 Å². The van der Waals surface area contributed by atoms with Crippen molar-refractivity contribution in [3.63, 3.8) is 0 Å². The number of nitrogens with one attached hydrogen (secondary N) is 2. The molecule has 43 heavy (non-hydrogen) atoms. The number of hydrogen-bond donors (Lipinski definition) is 4. The van der Waals surface area contributed by atoms with Gasteiger partial charge >= 0.3 is 18.4 Å². The Morgan fingerprint density at radius 1 is 0.814 bits per heavy atom. The molecule has 3 aromatic rings. The Balaban J connectivity index is 1.59. The van der Waals surface area contributed by atoms with Crippen molar-refractivity contribution in [1.29, 1.82) is 0 Å². The van der Waals surface area contributed by atoms with Crippen LogP contribution in [0.4, 0.5) is 36.8 Å². The summed E-state index contributed by atoms with van der Waals surface area (Å²) in [6.45, 7) is 3.99. The molecule has 0 saturated heterocycles. The molecule has 0 aliphatic carbocycles. The normalized spacial score (nSPS) is 17.9. The number of nitrogens with zero attached hydrogens (tertiary/aromatic N) is 1. The van der Waals surface area contributed by atoms with Crippen molar-refractivity contribution < 1.29 is 46.1 Å². The second-order valence-electron chi connectivity index (χ2n) is 10.9. The molecule has 6 nitrogen and oxygen atoms in total. The Labute approximate surface area is 244 Å². The van der Waals surface area contributed by atoms with Crippen molar-refractivity contribution in [2.24, 2.45) is 0 Å². The third-order valence-corrected chi connectivity index (χ3v) is 7.31. The minimum atomic E-state index is -4.61. The highest BCUT2D eigenvalue weighted by Gasteiger charge is 2.42. The molecular formula is C31H32F6N3O3+. The third-order valence-electron chi connectivity index (χ3n) is 7.31. The van der Waals surface area contributed by atoms with E-state index in [0.29, 0.717) is 11.3 Å². The minimum Gasteiger partial charge on any atom is -0.376 e. The lowest BCUT2D eigenvalue weighted by Crippen LogP contribution is -2.48. The Kier molecular flexibility index (Phi) is 8.96. The van der Waals surface area contributed by atoms with Gasteiger partial charge in [0.15, 0.2) is 0 Å². The maximum atomic E-state index is 13.2. The van der Waals surface area contributed by atoms with Crippen LogP contribution in [-0.2, 0) is 24.5 Å². The summed E-state index contributed by atoms with van der Waals surface area (Å²) in [4.78, 5) is 11.9. The fourth-order valence-corrected chi connectivity index (χ4v) is 5.08. The summed E-state index contributed by atoms with van der Waals surface area (Å²) in [6, 6.07) is 14.2. The number of quaternary nitrogens is 1. The summed E-state index contributed by atoms with van der Waals surface area (Å²) in [6.07, 6.45) is -7.55. The lowest BCUT2D eigenvalue weighted by Gasteiger charge is -2.39. The molecule has 0 fully saturated rings. The molecule has 230 valence electrons. The van der Waals surface area contributed by atoms with Crippen LogP contribution < -0.4 is 10.6 Å². The first-order chi connectivity index (χ1) is 20.0. The second kappa shape index (κ2) is 12.0. The number of alkyl halides is 6. The number of carbonyl (C=O) groups is 1. The Bertz CT molecular complexity index is 1390. The topological polar surface area (TPSA) is 81.6 Å². The third kappa shape index (κ3) is 7.56. The second-order valence-corrected chi connectivity index (χ2v) is 10.9. The van der Waals surface area contributed by atoms with Crippen LogP contribution in [0.25, 0.3) is 0 Å². The molecule has 1 unspecified atom stereocenters. The highest BCUT2D eigenvalue weighted by Crippen LogP contribution is 2.42. The molecule has 0 radical (unpaired) electrons. The summed E-state index contributed by atoms with van der Waals surface area (Å²) in [7, 11) is 0. The van der Waals surface area contributed by atoms with E-state index in [-0.39, 0.29) is 49.3 Å². The standard InChI is InChI=1S/C31H31F6N3O3/c1-20(2)38-28(41)39-27-13-3-21(4-14-27)19-40(43)17-15-24(16-18-40)29(42,22-5-9-25(10-6-22)30(32,33)34)23-7-11-26(12-8-23)31(35,36)37/h3-15,20,42-43H,16-19H2,1-2H3,(H-,38,39,41)/p+1. The predicted molar refractivity (Wildman–Crippen MR) is 148 cm³/mol. The number of aliphatic hydroxyl groups is 1.